The summed E-state index contributed by atoms with van der Waals surface area (Å²) >= 11 is 5.01. The maximum absolute atomic E-state index is 10.2. The molecule has 0 amide bonds. The van der Waals surface area contributed by atoms with Crippen LogP contribution in [-0.4, -0.2) is 5.11 Å². The molecule has 0 fully saturated rings. The second kappa shape index (κ2) is 5.13. The molecular weight excluding hydrogens is 284 g/mol. The van der Waals surface area contributed by atoms with Crippen molar-refractivity contribution >= 4 is 27.3 Å². The van der Waals surface area contributed by atoms with Gasteiger partial charge >= 0.3 is 0 Å². The topological polar surface area (TPSA) is 20.2 Å². The predicted octanol–water partition coefficient (Wildman–Crippen LogP) is 4.15. The van der Waals surface area contributed by atoms with E-state index in [0.29, 0.717) is 0 Å². The van der Waals surface area contributed by atoms with E-state index in [1.807, 2.05) is 23.6 Å². The van der Waals surface area contributed by atoms with E-state index in [2.05, 4.69) is 35.0 Å². The van der Waals surface area contributed by atoms with Gasteiger partial charge in [-0.05, 0) is 44.9 Å². The van der Waals surface area contributed by atoms with Crippen LogP contribution in [0.5, 0.6) is 0 Å². The van der Waals surface area contributed by atoms with Gasteiger partial charge in [-0.1, -0.05) is 31.2 Å². The zero-order chi connectivity index (χ0) is 11.5. The minimum Gasteiger partial charge on any atom is -0.383 e. The van der Waals surface area contributed by atoms with Crippen molar-refractivity contribution < 1.29 is 5.11 Å². The molecule has 3 heteroatoms. The molecule has 2 rings (SSSR count). The number of aliphatic hydroxyl groups excluding tert-OH is 1. The molecule has 1 atom stereocenters. The molecule has 0 aliphatic rings. The Labute approximate surface area is 108 Å². The average molecular weight is 297 g/mol. The summed E-state index contributed by atoms with van der Waals surface area (Å²) < 4.78 is 0.976. The summed E-state index contributed by atoms with van der Waals surface area (Å²) in [5, 5.41) is 12.2. The Morgan fingerprint density at radius 1 is 1.25 bits per heavy atom. The molecule has 2 aromatic rings. The molecule has 0 saturated heterocycles. The highest BCUT2D eigenvalue weighted by Crippen LogP contribution is 2.32. The molecule has 0 aliphatic heterocycles. The Balaban J connectivity index is 2.27. The maximum Gasteiger partial charge on any atom is 0.114 e. The van der Waals surface area contributed by atoms with Crippen molar-refractivity contribution in [3.8, 4) is 0 Å². The molecule has 1 aromatic heterocycles. The molecule has 0 bridgehead atoms. The molecule has 16 heavy (non-hydrogen) atoms. The third kappa shape index (κ3) is 2.37. The van der Waals surface area contributed by atoms with Crippen LogP contribution in [0.15, 0.2) is 40.2 Å². The van der Waals surface area contributed by atoms with Gasteiger partial charge in [0.15, 0.2) is 0 Å². The average Bonchev–Trinajstić information content (AvgIpc) is 2.75. The summed E-state index contributed by atoms with van der Waals surface area (Å²) in [6, 6.07) is 10.1. The van der Waals surface area contributed by atoms with Gasteiger partial charge in [-0.2, -0.15) is 0 Å². The highest BCUT2D eigenvalue weighted by molar-refractivity contribution is 9.10. The number of benzene rings is 1. The van der Waals surface area contributed by atoms with Gasteiger partial charge < -0.3 is 5.11 Å². The molecule has 0 spiro atoms. The van der Waals surface area contributed by atoms with Crippen molar-refractivity contribution in [3.05, 3.63) is 56.2 Å². The van der Waals surface area contributed by atoms with E-state index in [-0.39, 0.29) is 0 Å². The van der Waals surface area contributed by atoms with Crippen LogP contribution in [-0.2, 0) is 6.42 Å². The lowest BCUT2D eigenvalue weighted by Crippen LogP contribution is -1.97. The smallest absolute Gasteiger partial charge is 0.114 e. The first-order valence-electron chi connectivity index (χ1n) is 5.22. The minimum atomic E-state index is -0.528. The van der Waals surface area contributed by atoms with Crippen molar-refractivity contribution in [1.82, 2.24) is 0 Å². The van der Waals surface area contributed by atoms with E-state index >= 15 is 0 Å². The van der Waals surface area contributed by atoms with Gasteiger partial charge in [0.05, 0.1) is 4.88 Å². The van der Waals surface area contributed by atoms with E-state index < -0.39 is 6.10 Å². The fraction of sp³-hybridized carbons (Fsp3) is 0.231. The van der Waals surface area contributed by atoms with Crippen molar-refractivity contribution in [1.29, 1.82) is 0 Å². The lowest BCUT2D eigenvalue weighted by atomic mass is 10.0. The van der Waals surface area contributed by atoms with Crippen LogP contribution in [0, 0.1) is 0 Å². The molecule has 1 nitrogen and oxygen atoms in total. The van der Waals surface area contributed by atoms with Gasteiger partial charge in [-0.25, -0.2) is 0 Å². The quantitative estimate of drug-likeness (QED) is 0.902. The Morgan fingerprint density at radius 3 is 2.44 bits per heavy atom. The van der Waals surface area contributed by atoms with Gasteiger partial charge in [-0.3, -0.25) is 0 Å². The van der Waals surface area contributed by atoms with Gasteiger partial charge in [0.1, 0.15) is 6.10 Å². The first-order valence-corrected chi connectivity index (χ1v) is 6.89. The zero-order valence-electron chi connectivity index (χ0n) is 8.98. The highest BCUT2D eigenvalue weighted by atomic mass is 79.9. The van der Waals surface area contributed by atoms with Crippen LogP contribution in [0.1, 0.15) is 29.0 Å². The third-order valence-electron chi connectivity index (χ3n) is 2.60. The molecule has 0 radical (unpaired) electrons. The van der Waals surface area contributed by atoms with Crippen molar-refractivity contribution in [3.63, 3.8) is 0 Å². The highest BCUT2D eigenvalue weighted by Gasteiger charge is 2.14. The summed E-state index contributed by atoms with van der Waals surface area (Å²) in [5.41, 5.74) is 2.24. The summed E-state index contributed by atoms with van der Waals surface area (Å²) in [6.07, 6.45) is 0.499. The van der Waals surface area contributed by atoms with Crippen LogP contribution in [0.3, 0.4) is 0 Å². The number of halogens is 1. The van der Waals surface area contributed by atoms with Gasteiger partial charge in [0, 0.05) is 4.47 Å². The summed E-state index contributed by atoms with van der Waals surface area (Å²) in [7, 11) is 0. The van der Waals surface area contributed by atoms with E-state index in [9.17, 15) is 5.11 Å². The number of rotatable bonds is 3. The largest absolute Gasteiger partial charge is 0.383 e. The monoisotopic (exact) mass is 296 g/mol. The lowest BCUT2D eigenvalue weighted by molar-refractivity contribution is 0.223. The molecule has 1 aromatic carbocycles. The van der Waals surface area contributed by atoms with Crippen LogP contribution >= 0.6 is 27.3 Å². The Morgan fingerprint density at radius 2 is 1.94 bits per heavy atom. The predicted molar refractivity (Wildman–Crippen MR) is 71.9 cm³/mol. The van der Waals surface area contributed by atoms with E-state index in [1.165, 1.54) is 5.56 Å². The first-order chi connectivity index (χ1) is 7.72. The van der Waals surface area contributed by atoms with E-state index in [1.54, 1.807) is 11.3 Å². The van der Waals surface area contributed by atoms with E-state index in [0.717, 1.165) is 21.3 Å². The number of aryl methyl sites for hydroxylation is 1. The standard InChI is InChI=1S/C13H13BrOS/c1-2-9-3-5-10(6-4-9)12(15)13-11(14)7-8-16-13/h3-8,12,15H,2H2,1H3/t12-/m0/s1. The van der Waals surface area contributed by atoms with Gasteiger partial charge in [-0.15, -0.1) is 11.3 Å². The molecule has 0 aliphatic carbocycles. The fourth-order valence-electron chi connectivity index (χ4n) is 1.59. The SMILES string of the molecule is CCc1ccc([C@H](O)c2sccc2Br)cc1. The fourth-order valence-corrected chi connectivity index (χ4v) is 3.19. The minimum absolute atomic E-state index is 0.528. The molecular formula is C13H13BrOS. The van der Waals surface area contributed by atoms with Crippen molar-refractivity contribution in [2.24, 2.45) is 0 Å². The van der Waals surface area contributed by atoms with Gasteiger partial charge in [0.25, 0.3) is 0 Å². The van der Waals surface area contributed by atoms with Crippen LogP contribution in [0.4, 0.5) is 0 Å². The molecule has 1 N–H and O–H groups in total. The normalized spacial score (nSPS) is 12.7. The van der Waals surface area contributed by atoms with Crippen LogP contribution in [0.2, 0.25) is 0 Å². The molecule has 84 valence electrons. The number of hydrogen-bond acceptors (Lipinski definition) is 2. The summed E-state index contributed by atoms with van der Waals surface area (Å²) in [5.74, 6) is 0. The van der Waals surface area contributed by atoms with E-state index in [4.69, 9.17) is 0 Å². The second-order valence-corrected chi connectivity index (χ2v) is 5.43. The Hall–Kier alpha value is -0.640. The van der Waals surface area contributed by atoms with Crippen LogP contribution < -0.4 is 0 Å². The third-order valence-corrected chi connectivity index (χ3v) is 4.52. The van der Waals surface area contributed by atoms with Crippen LogP contribution in [0.25, 0.3) is 0 Å². The lowest BCUT2D eigenvalue weighted by Gasteiger charge is -2.10. The number of aliphatic hydroxyl groups is 1. The summed E-state index contributed by atoms with van der Waals surface area (Å²) in [4.78, 5) is 0.962. The van der Waals surface area contributed by atoms with Crippen molar-refractivity contribution in [2.45, 2.75) is 19.4 Å². The summed E-state index contributed by atoms with van der Waals surface area (Å²) in [6.45, 7) is 2.13. The number of thiophene rings is 1. The maximum atomic E-state index is 10.2. The number of hydrogen-bond donors (Lipinski definition) is 1. The Kier molecular flexibility index (Phi) is 3.79. The second-order valence-electron chi connectivity index (χ2n) is 3.63. The molecule has 1 heterocycles. The van der Waals surface area contributed by atoms with Gasteiger partial charge in [0.2, 0.25) is 0 Å². The first kappa shape index (κ1) is 11.8. The van der Waals surface area contributed by atoms with Crippen molar-refractivity contribution in [2.75, 3.05) is 0 Å². The Bertz CT molecular complexity index is 461. The molecule has 0 saturated carbocycles. The zero-order valence-corrected chi connectivity index (χ0v) is 11.4. The molecule has 0 unspecified atom stereocenters.